The van der Waals surface area contributed by atoms with Gasteiger partial charge in [0.05, 0.1) is 17.3 Å². The summed E-state index contributed by atoms with van der Waals surface area (Å²) in [5, 5.41) is 12.0. The number of rotatable bonds is 5. The van der Waals surface area contributed by atoms with Crippen molar-refractivity contribution in [3.63, 3.8) is 0 Å². The zero-order valence-electron chi connectivity index (χ0n) is 12.5. The van der Waals surface area contributed by atoms with E-state index >= 15 is 0 Å². The Morgan fingerprint density at radius 1 is 1.29 bits per heavy atom. The van der Waals surface area contributed by atoms with Crippen molar-refractivity contribution >= 4 is 11.3 Å². The van der Waals surface area contributed by atoms with E-state index in [1.807, 2.05) is 25.1 Å². The largest absolute Gasteiger partial charge is 0.395 e. The number of nitrogens with zero attached hydrogens (tertiary/aromatic N) is 2. The third-order valence-corrected chi connectivity index (χ3v) is 3.84. The maximum absolute atomic E-state index is 8.81. The van der Waals surface area contributed by atoms with Crippen molar-refractivity contribution in [3.05, 3.63) is 51.5 Å². The molecule has 1 N–H and O–H groups in total. The number of hydrogen-bond acceptors (Lipinski definition) is 4. The number of aromatic nitrogens is 1. The average Bonchev–Trinajstić information content (AvgIpc) is 2.86. The summed E-state index contributed by atoms with van der Waals surface area (Å²) in [5.41, 5.74) is 3.36. The Kier molecular flexibility index (Phi) is 5.94. The summed E-state index contributed by atoms with van der Waals surface area (Å²) in [6, 6.07) is 8.16. The highest BCUT2D eigenvalue weighted by molar-refractivity contribution is 7.09. The first-order valence-electron chi connectivity index (χ1n) is 6.96. The van der Waals surface area contributed by atoms with Crippen LogP contribution in [0.25, 0.3) is 0 Å². The first kappa shape index (κ1) is 15.7. The van der Waals surface area contributed by atoms with Gasteiger partial charge in [0.25, 0.3) is 0 Å². The Balaban J connectivity index is 2.03. The van der Waals surface area contributed by atoms with Crippen molar-refractivity contribution in [2.45, 2.75) is 26.4 Å². The average molecular weight is 300 g/mol. The molecule has 0 aliphatic heterocycles. The number of benzene rings is 1. The molecule has 3 nitrogen and oxygen atoms in total. The van der Waals surface area contributed by atoms with Crippen molar-refractivity contribution in [3.8, 4) is 11.8 Å². The molecule has 4 heteroatoms. The van der Waals surface area contributed by atoms with Crippen LogP contribution in [0.15, 0.2) is 29.6 Å². The van der Waals surface area contributed by atoms with E-state index in [9.17, 15) is 0 Å². The summed E-state index contributed by atoms with van der Waals surface area (Å²) in [7, 11) is 2.09. The van der Waals surface area contributed by atoms with E-state index in [1.54, 1.807) is 11.3 Å². The fourth-order valence-corrected chi connectivity index (χ4v) is 2.70. The second-order valence-corrected chi connectivity index (χ2v) is 6.02. The quantitative estimate of drug-likeness (QED) is 0.863. The van der Waals surface area contributed by atoms with Gasteiger partial charge in [-0.3, -0.25) is 4.90 Å². The van der Waals surface area contributed by atoms with E-state index in [2.05, 4.69) is 40.2 Å². The van der Waals surface area contributed by atoms with E-state index in [0.29, 0.717) is 6.42 Å². The van der Waals surface area contributed by atoms with Gasteiger partial charge in [-0.05, 0) is 25.6 Å². The Labute approximate surface area is 130 Å². The van der Waals surface area contributed by atoms with Gasteiger partial charge in [-0.1, -0.05) is 30.0 Å². The van der Waals surface area contributed by atoms with Crippen LogP contribution in [0, 0.1) is 18.8 Å². The lowest BCUT2D eigenvalue weighted by Gasteiger charge is -2.16. The normalized spacial score (nSPS) is 10.5. The van der Waals surface area contributed by atoms with Gasteiger partial charge in [-0.25, -0.2) is 4.98 Å². The molecule has 110 valence electrons. The zero-order chi connectivity index (χ0) is 15.1. The first-order chi connectivity index (χ1) is 10.2. The molecule has 1 aromatic heterocycles. The predicted octanol–water partition coefficient (Wildman–Crippen LogP) is 2.82. The Morgan fingerprint density at radius 3 is 2.81 bits per heavy atom. The van der Waals surface area contributed by atoms with Crippen LogP contribution in [0.3, 0.4) is 0 Å². The van der Waals surface area contributed by atoms with Gasteiger partial charge < -0.3 is 5.11 Å². The molecule has 0 fully saturated rings. The zero-order valence-corrected chi connectivity index (χ0v) is 13.3. The molecule has 0 atom stereocenters. The molecule has 2 rings (SSSR count). The first-order valence-corrected chi connectivity index (χ1v) is 7.84. The number of aryl methyl sites for hydroxylation is 1. The predicted molar refractivity (Wildman–Crippen MR) is 87.0 cm³/mol. The monoisotopic (exact) mass is 300 g/mol. The van der Waals surface area contributed by atoms with Gasteiger partial charge in [-0.15, -0.1) is 11.3 Å². The molecular weight excluding hydrogens is 280 g/mol. The van der Waals surface area contributed by atoms with Crippen LogP contribution in [-0.2, 0) is 13.1 Å². The number of aliphatic hydroxyl groups excluding tert-OH is 1. The minimum Gasteiger partial charge on any atom is -0.395 e. The van der Waals surface area contributed by atoms with Gasteiger partial charge in [0, 0.05) is 30.5 Å². The topological polar surface area (TPSA) is 36.4 Å². The maximum Gasteiger partial charge on any atom is 0.0897 e. The molecule has 0 aliphatic rings. The molecule has 2 aromatic rings. The fourth-order valence-electron chi connectivity index (χ4n) is 2.10. The molecule has 0 saturated heterocycles. The number of hydrogen-bond donors (Lipinski definition) is 1. The molecule has 0 spiro atoms. The molecule has 0 amide bonds. The van der Waals surface area contributed by atoms with Crippen LogP contribution >= 0.6 is 11.3 Å². The summed E-state index contributed by atoms with van der Waals surface area (Å²) in [6.07, 6.45) is 0.516. The van der Waals surface area contributed by atoms with Crippen molar-refractivity contribution in [1.29, 1.82) is 0 Å². The van der Waals surface area contributed by atoms with Gasteiger partial charge in [-0.2, -0.15) is 0 Å². The molecule has 21 heavy (non-hydrogen) atoms. The minimum atomic E-state index is 0.109. The van der Waals surface area contributed by atoms with Crippen LogP contribution < -0.4 is 0 Å². The summed E-state index contributed by atoms with van der Waals surface area (Å²) in [6.45, 7) is 3.81. The van der Waals surface area contributed by atoms with Crippen LogP contribution in [0.4, 0.5) is 0 Å². The highest BCUT2D eigenvalue weighted by Gasteiger charge is 2.06. The van der Waals surface area contributed by atoms with Gasteiger partial charge in [0.1, 0.15) is 0 Å². The van der Waals surface area contributed by atoms with Crippen molar-refractivity contribution in [2.75, 3.05) is 13.7 Å². The molecule has 1 aromatic carbocycles. The van der Waals surface area contributed by atoms with Gasteiger partial charge in [0.2, 0.25) is 0 Å². The summed E-state index contributed by atoms with van der Waals surface area (Å²) in [4.78, 5) is 6.73. The smallest absolute Gasteiger partial charge is 0.0897 e. The lowest BCUT2D eigenvalue weighted by Crippen LogP contribution is -2.18. The van der Waals surface area contributed by atoms with Crippen LogP contribution in [0.2, 0.25) is 0 Å². The lowest BCUT2D eigenvalue weighted by molar-refractivity contribution is 0.305. The molecule has 1 heterocycles. The second-order valence-electron chi connectivity index (χ2n) is 4.96. The Morgan fingerprint density at radius 2 is 2.10 bits per heavy atom. The van der Waals surface area contributed by atoms with Gasteiger partial charge >= 0.3 is 0 Å². The number of thiazole rings is 1. The summed E-state index contributed by atoms with van der Waals surface area (Å²) in [5.74, 6) is 6.13. The number of aliphatic hydroxyl groups is 1. The van der Waals surface area contributed by atoms with Crippen molar-refractivity contribution in [1.82, 2.24) is 9.88 Å². The van der Waals surface area contributed by atoms with Crippen molar-refractivity contribution < 1.29 is 5.11 Å². The molecule has 0 saturated carbocycles. The SMILES string of the molecule is Cc1nc(CN(C)Cc2ccccc2C#CCCO)cs1. The third-order valence-electron chi connectivity index (χ3n) is 3.02. The lowest BCUT2D eigenvalue weighted by atomic mass is 10.1. The standard InChI is InChI=1S/C17H20N2OS/c1-14-18-17(13-21-14)12-19(2)11-16-9-4-3-7-15(16)8-5-6-10-20/h3-4,7,9,13,20H,6,10-12H2,1-2H3. The van der Waals surface area contributed by atoms with Crippen LogP contribution in [0.1, 0.15) is 28.2 Å². The summed E-state index contributed by atoms with van der Waals surface area (Å²) >= 11 is 1.69. The van der Waals surface area contributed by atoms with E-state index in [1.165, 1.54) is 5.56 Å². The second kappa shape index (κ2) is 7.94. The molecular formula is C17H20N2OS. The highest BCUT2D eigenvalue weighted by atomic mass is 32.1. The Hall–Kier alpha value is -1.67. The van der Waals surface area contributed by atoms with Crippen LogP contribution in [-0.4, -0.2) is 28.6 Å². The van der Waals surface area contributed by atoms with E-state index in [-0.39, 0.29) is 6.61 Å². The van der Waals surface area contributed by atoms with E-state index in [4.69, 9.17) is 5.11 Å². The summed E-state index contributed by atoms with van der Waals surface area (Å²) < 4.78 is 0. The molecule has 0 unspecified atom stereocenters. The van der Waals surface area contributed by atoms with E-state index in [0.717, 1.165) is 29.4 Å². The fraction of sp³-hybridized carbons (Fsp3) is 0.353. The molecule has 0 radical (unpaired) electrons. The highest BCUT2D eigenvalue weighted by Crippen LogP contribution is 2.14. The third kappa shape index (κ3) is 4.98. The molecule has 0 bridgehead atoms. The van der Waals surface area contributed by atoms with Crippen LogP contribution in [0.5, 0.6) is 0 Å². The molecule has 0 aliphatic carbocycles. The van der Waals surface area contributed by atoms with Crippen molar-refractivity contribution in [2.24, 2.45) is 0 Å². The van der Waals surface area contributed by atoms with E-state index < -0.39 is 0 Å². The van der Waals surface area contributed by atoms with Gasteiger partial charge in [0.15, 0.2) is 0 Å². The maximum atomic E-state index is 8.81. The minimum absolute atomic E-state index is 0.109. The Bertz CT molecular complexity index is 639.